The first-order chi connectivity index (χ1) is 8.11. The number of ether oxygens (including phenoxy) is 1. The molecule has 1 rings (SSSR count). The molecule has 3 nitrogen and oxygen atoms in total. The van der Waals surface area contributed by atoms with E-state index >= 15 is 0 Å². The van der Waals surface area contributed by atoms with Gasteiger partial charge in [0.2, 0.25) is 0 Å². The van der Waals surface area contributed by atoms with E-state index in [4.69, 9.17) is 18.0 Å². The zero-order valence-corrected chi connectivity index (χ0v) is 9.92. The van der Waals surface area contributed by atoms with Gasteiger partial charge in [0.05, 0.1) is 18.7 Å². The number of carbonyl (C=O) groups excluding carboxylic acids is 1. The highest BCUT2D eigenvalue weighted by molar-refractivity contribution is 6.30. The van der Waals surface area contributed by atoms with Crippen LogP contribution in [0.4, 0.5) is 4.39 Å². The van der Waals surface area contributed by atoms with Gasteiger partial charge in [-0.2, -0.15) is 0 Å². The number of rotatable bonds is 4. The molecule has 1 unspecified atom stereocenters. The van der Waals surface area contributed by atoms with Gasteiger partial charge >= 0.3 is 5.97 Å². The van der Waals surface area contributed by atoms with E-state index in [0.29, 0.717) is 0 Å². The van der Waals surface area contributed by atoms with Crippen molar-refractivity contribution in [2.75, 3.05) is 13.7 Å². The predicted octanol–water partition coefficient (Wildman–Crippen LogP) is 1.92. The average molecular weight is 256 g/mol. The summed E-state index contributed by atoms with van der Waals surface area (Å²) < 4.78 is 18.3. The van der Waals surface area contributed by atoms with Crippen molar-refractivity contribution in [1.82, 2.24) is 5.32 Å². The third-order valence-electron chi connectivity index (χ3n) is 2.14. The Balaban J connectivity index is 3.08. The molecule has 90 valence electrons. The minimum absolute atomic E-state index is 0.0566. The van der Waals surface area contributed by atoms with Crippen LogP contribution in [0.5, 0.6) is 0 Å². The SMILES string of the molecule is C#CCNC(C(=O)OC)c1cccc(Cl)c1F. The van der Waals surface area contributed by atoms with Gasteiger partial charge in [0.25, 0.3) is 0 Å². The summed E-state index contributed by atoms with van der Waals surface area (Å²) in [5.41, 5.74) is 0.111. The van der Waals surface area contributed by atoms with E-state index in [0.717, 1.165) is 0 Å². The van der Waals surface area contributed by atoms with Crippen LogP contribution in [-0.4, -0.2) is 19.6 Å². The number of esters is 1. The van der Waals surface area contributed by atoms with Gasteiger partial charge in [0, 0.05) is 5.56 Å². The Morgan fingerprint density at radius 2 is 2.41 bits per heavy atom. The summed E-state index contributed by atoms with van der Waals surface area (Å²) in [6.45, 7) is 0.117. The Morgan fingerprint density at radius 3 is 3.00 bits per heavy atom. The quantitative estimate of drug-likeness (QED) is 0.660. The molecule has 0 aliphatic carbocycles. The Labute approximate surface area is 104 Å². The molecule has 0 saturated heterocycles. The number of nitrogens with one attached hydrogen (secondary N) is 1. The van der Waals surface area contributed by atoms with E-state index in [1.165, 1.54) is 19.2 Å². The Bertz CT molecular complexity index is 456. The van der Waals surface area contributed by atoms with Crippen LogP contribution in [0.15, 0.2) is 18.2 Å². The molecule has 0 aliphatic heterocycles. The molecule has 0 amide bonds. The first-order valence-corrected chi connectivity index (χ1v) is 5.18. The number of benzene rings is 1. The van der Waals surface area contributed by atoms with Crippen LogP contribution in [0.1, 0.15) is 11.6 Å². The third kappa shape index (κ3) is 3.19. The van der Waals surface area contributed by atoms with Crippen molar-refractivity contribution < 1.29 is 13.9 Å². The van der Waals surface area contributed by atoms with E-state index in [-0.39, 0.29) is 17.1 Å². The summed E-state index contributed by atoms with van der Waals surface area (Å²) in [6.07, 6.45) is 5.08. The summed E-state index contributed by atoms with van der Waals surface area (Å²) in [4.78, 5) is 11.5. The van der Waals surface area contributed by atoms with E-state index in [2.05, 4.69) is 16.0 Å². The fourth-order valence-electron chi connectivity index (χ4n) is 1.34. The molecule has 1 atom stereocenters. The van der Waals surface area contributed by atoms with E-state index in [1.54, 1.807) is 6.07 Å². The number of carbonyl (C=O) groups is 1. The smallest absolute Gasteiger partial charge is 0.327 e. The molecule has 0 bridgehead atoms. The number of terminal acetylenes is 1. The normalized spacial score (nSPS) is 11.6. The molecule has 0 heterocycles. The summed E-state index contributed by atoms with van der Waals surface area (Å²) >= 11 is 5.64. The highest BCUT2D eigenvalue weighted by atomic mass is 35.5. The molecule has 1 aromatic rings. The first-order valence-electron chi connectivity index (χ1n) is 4.80. The summed E-state index contributed by atoms with van der Waals surface area (Å²) in [6, 6.07) is 3.44. The topological polar surface area (TPSA) is 38.3 Å². The molecule has 17 heavy (non-hydrogen) atoms. The van der Waals surface area contributed by atoms with Crippen LogP contribution in [0.3, 0.4) is 0 Å². The molecule has 0 saturated carbocycles. The Kier molecular flexibility index (Phi) is 4.95. The van der Waals surface area contributed by atoms with E-state index < -0.39 is 17.8 Å². The number of methoxy groups -OCH3 is 1. The summed E-state index contributed by atoms with van der Waals surface area (Å²) in [5, 5.41) is 2.64. The van der Waals surface area contributed by atoms with Crippen LogP contribution in [0, 0.1) is 18.2 Å². The predicted molar refractivity (Wildman–Crippen MR) is 63.0 cm³/mol. The van der Waals surface area contributed by atoms with Crippen LogP contribution < -0.4 is 5.32 Å². The summed E-state index contributed by atoms with van der Waals surface area (Å²) in [7, 11) is 1.22. The lowest BCUT2D eigenvalue weighted by atomic mass is 10.1. The van der Waals surface area contributed by atoms with Crippen molar-refractivity contribution >= 4 is 17.6 Å². The van der Waals surface area contributed by atoms with Crippen molar-refractivity contribution in [3.8, 4) is 12.3 Å². The molecule has 0 aliphatic rings. The van der Waals surface area contributed by atoms with Gasteiger partial charge in [-0.25, -0.2) is 9.18 Å². The number of halogens is 2. The number of hydrogen-bond acceptors (Lipinski definition) is 3. The van der Waals surface area contributed by atoms with Crippen LogP contribution in [0.25, 0.3) is 0 Å². The second kappa shape index (κ2) is 6.24. The zero-order chi connectivity index (χ0) is 12.8. The Hall–Kier alpha value is -1.57. The van der Waals surface area contributed by atoms with Gasteiger partial charge in [-0.3, -0.25) is 5.32 Å². The van der Waals surface area contributed by atoms with Crippen molar-refractivity contribution in [1.29, 1.82) is 0 Å². The van der Waals surface area contributed by atoms with Crippen molar-refractivity contribution in [2.45, 2.75) is 6.04 Å². The molecule has 5 heteroatoms. The van der Waals surface area contributed by atoms with E-state index in [1.807, 2.05) is 0 Å². The maximum atomic E-state index is 13.7. The largest absolute Gasteiger partial charge is 0.468 e. The molecular formula is C12H11ClFNO2. The van der Waals surface area contributed by atoms with Crippen LogP contribution >= 0.6 is 11.6 Å². The standard InChI is InChI=1S/C12H11ClFNO2/c1-3-7-15-11(12(16)17-2)8-5-4-6-9(13)10(8)14/h1,4-6,11,15H,7H2,2H3. The Morgan fingerprint density at radius 1 is 1.71 bits per heavy atom. The highest BCUT2D eigenvalue weighted by Gasteiger charge is 2.24. The molecule has 0 aromatic heterocycles. The second-order valence-corrected chi connectivity index (χ2v) is 3.59. The first kappa shape index (κ1) is 13.5. The number of hydrogen-bond donors (Lipinski definition) is 1. The lowest BCUT2D eigenvalue weighted by Crippen LogP contribution is -2.30. The van der Waals surface area contributed by atoms with E-state index in [9.17, 15) is 9.18 Å². The lowest BCUT2D eigenvalue weighted by molar-refractivity contribution is -0.143. The second-order valence-electron chi connectivity index (χ2n) is 3.18. The van der Waals surface area contributed by atoms with Gasteiger partial charge in [-0.05, 0) is 6.07 Å². The maximum Gasteiger partial charge on any atom is 0.327 e. The molecule has 1 aromatic carbocycles. The van der Waals surface area contributed by atoms with Crippen LogP contribution in [-0.2, 0) is 9.53 Å². The molecule has 0 radical (unpaired) electrons. The van der Waals surface area contributed by atoms with Gasteiger partial charge in [0.15, 0.2) is 0 Å². The van der Waals surface area contributed by atoms with Gasteiger partial charge < -0.3 is 4.74 Å². The van der Waals surface area contributed by atoms with Gasteiger partial charge in [-0.15, -0.1) is 6.42 Å². The van der Waals surface area contributed by atoms with Crippen molar-refractivity contribution in [3.63, 3.8) is 0 Å². The monoisotopic (exact) mass is 255 g/mol. The third-order valence-corrected chi connectivity index (χ3v) is 2.43. The van der Waals surface area contributed by atoms with Gasteiger partial charge in [-0.1, -0.05) is 29.7 Å². The van der Waals surface area contributed by atoms with Crippen molar-refractivity contribution in [3.05, 3.63) is 34.6 Å². The summed E-state index contributed by atoms with van der Waals surface area (Å²) in [5.74, 6) is 1.02. The lowest BCUT2D eigenvalue weighted by Gasteiger charge is -2.16. The highest BCUT2D eigenvalue weighted by Crippen LogP contribution is 2.24. The zero-order valence-electron chi connectivity index (χ0n) is 9.17. The van der Waals surface area contributed by atoms with Crippen molar-refractivity contribution in [2.24, 2.45) is 0 Å². The maximum absolute atomic E-state index is 13.7. The minimum Gasteiger partial charge on any atom is -0.468 e. The fraction of sp³-hybridized carbons (Fsp3) is 0.250. The minimum atomic E-state index is -0.963. The van der Waals surface area contributed by atoms with Crippen LogP contribution in [0.2, 0.25) is 5.02 Å². The molecule has 0 fully saturated rings. The molecular weight excluding hydrogens is 245 g/mol. The van der Waals surface area contributed by atoms with Gasteiger partial charge in [0.1, 0.15) is 11.9 Å². The molecule has 0 spiro atoms. The average Bonchev–Trinajstić information content (AvgIpc) is 2.34. The fourth-order valence-corrected chi connectivity index (χ4v) is 1.52. The molecule has 1 N–H and O–H groups in total.